The molecule has 0 aliphatic carbocycles. The highest BCUT2D eigenvalue weighted by atomic mass is 127. The predicted octanol–water partition coefficient (Wildman–Crippen LogP) is 2.66. The maximum absolute atomic E-state index is 11.6. The van der Waals surface area contributed by atoms with Gasteiger partial charge in [0.2, 0.25) is 0 Å². The molecule has 0 atom stereocenters. The van der Waals surface area contributed by atoms with Crippen molar-refractivity contribution >= 4 is 51.4 Å². The number of halogens is 2. The van der Waals surface area contributed by atoms with E-state index < -0.39 is 0 Å². The molecule has 1 aromatic heterocycles. The van der Waals surface area contributed by atoms with Gasteiger partial charge in [0.05, 0.1) is 8.45 Å². The van der Waals surface area contributed by atoms with Crippen molar-refractivity contribution in [2.75, 3.05) is 19.5 Å². The van der Waals surface area contributed by atoms with Crippen molar-refractivity contribution in [2.45, 2.75) is 0 Å². The second-order valence-electron chi connectivity index (χ2n) is 2.56. The maximum atomic E-state index is 11.6. The Labute approximate surface area is 100 Å². The van der Waals surface area contributed by atoms with Crippen LogP contribution in [-0.2, 0) is 0 Å². The monoisotopic (exact) mass is 329 g/mol. The Bertz CT molecular complexity index is 302. The Morgan fingerprint density at radius 2 is 2.46 bits per heavy atom. The molecule has 1 heterocycles. The Hall–Kier alpha value is 0.190. The molecular formula is C8H9ClINOS. The number of thiophene rings is 1. The van der Waals surface area contributed by atoms with Gasteiger partial charge in [0.25, 0.3) is 5.91 Å². The van der Waals surface area contributed by atoms with Crippen LogP contribution in [0.4, 0.5) is 0 Å². The number of nitrogens with zero attached hydrogens (tertiary/aromatic N) is 1. The van der Waals surface area contributed by atoms with Gasteiger partial charge in [-0.25, -0.2) is 0 Å². The molecule has 1 rings (SSSR count). The van der Waals surface area contributed by atoms with Crippen molar-refractivity contribution in [3.8, 4) is 0 Å². The summed E-state index contributed by atoms with van der Waals surface area (Å²) in [5, 5.41) is 1.87. The van der Waals surface area contributed by atoms with E-state index in [0.717, 1.165) is 8.45 Å². The Morgan fingerprint density at radius 1 is 1.77 bits per heavy atom. The standard InChI is InChI=1S/C8H9ClINOS/c1-11(3-2-9)8(12)6-4-7(10)13-5-6/h4-5H,2-3H2,1H3. The molecule has 0 unspecified atom stereocenters. The first kappa shape index (κ1) is 11.3. The second-order valence-corrected chi connectivity index (χ2v) is 5.74. The van der Waals surface area contributed by atoms with E-state index in [1.165, 1.54) is 0 Å². The molecule has 0 radical (unpaired) electrons. The molecule has 72 valence electrons. The summed E-state index contributed by atoms with van der Waals surface area (Å²) in [6.45, 7) is 0.590. The summed E-state index contributed by atoms with van der Waals surface area (Å²) in [5.41, 5.74) is 0.752. The molecule has 0 bridgehead atoms. The minimum Gasteiger partial charge on any atom is -0.340 e. The molecule has 2 nitrogen and oxygen atoms in total. The molecule has 0 saturated carbocycles. The van der Waals surface area contributed by atoms with Crippen LogP contribution >= 0.6 is 45.5 Å². The van der Waals surface area contributed by atoms with Crippen LogP contribution in [0.25, 0.3) is 0 Å². The van der Waals surface area contributed by atoms with Gasteiger partial charge in [0, 0.05) is 24.9 Å². The summed E-state index contributed by atoms with van der Waals surface area (Å²) in [6, 6.07) is 1.89. The first-order valence-corrected chi connectivity index (χ1v) is 6.20. The fourth-order valence-corrected chi connectivity index (χ4v) is 2.44. The zero-order valence-electron chi connectivity index (χ0n) is 7.09. The lowest BCUT2D eigenvalue weighted by molar-refractivity contribution is 0.0804. The molecule has 13 heavy (non-hydrogen) atoms. The molecule has 0 aromatic carbocycles. The topological polar surface area (TPSA) is 20.3 Å². The summed E-state index contributed by atoms with van der Waals surface area (Å²) >= 11 is 9.32. The van der Waals surface area contributed by atoms with E-state index in [4.69, 9.17) is 11.6 Å². The predicted molar refractivity (Wildman–Crippen MR) is 64.7 cm³/mol. The number of rotatable bonds is 3. The third-order valence-corrected chi connectivity index (χ3v) is 3.54. The van der Waals surface area contributed by atoms with E-state index in [-0.39, 0.29) is 5.91 Å². The van der Waals surface area contributed by atoms with Crippen molar-refractivity contribution in [3.05, 3.63) is 19.9 Å². The minimum absolute atomic E-state index is 0.0415. The van der Waals surface area contributed by atoms with Crippen LogP contribution in [0.3, 0.4) is 0 Å². The van der Waals surface area contributed by atoms with Crippen molar-refractivity contribution < 1.29 is 4.79 Å². The third-order valence-electron chi connectivity index (χ3n) is 1.58. The fourth-order valence-electron chi connectivity index (χ4n) is 0.871. The lowest BCUT2D eigenvalue weighted by Crippen LogP contribution is -2.28. The summed E-state index contributed by atoms with van der Waals surface area (Å²) in [6.07, 6.45) is 0. The van der Waals surface area contributed by atoms with E-state index in [1.807, 2.05) is 11.4 Å². The van der Waals surface area contributed by atoms with Crippen LogP contribution in [0, 0.1) is 2.88 Å². The molecule has 1 amide bonds. The van der Waals surface area contributed by atoms with Gasteiger partial charge in [0.15, 0.2) is 0 Å². The number of carbonyl (C=O) groups is 1. The molecular weight excluding hydrogens is 321 g/mol. The first-order valence-electron chi connectivity index (χ1n) is 3.70. The summed E-state index contributed by atoms with van der Waals surface area (Å²) < 4.78 is 1.13. The van der Waals surface area contributed by atoms with Gasteiger partial charge in [-0.2, -0.15) is 0 Å². The average molecular weight is 330 g/mol. The number of hydrogen-bond donors (Lipinski definition) is 0. The smallest absolute Gasteiger partial charge is 0.254 e. The summed E-state index contributed by atoms with van der Waals surface area (Å²) in [4.78, 5) is 13.2. The largest absolute Gasteiger partial charge is 0.340 e. The highest BCUT2D eigenvalue weighted by molar-refractivity contribution is 14.1. The van der Waals surface area contributed by atoms with Gasteiger partial charge in [-0.3, -0.25) is 4.79 Å². The highest BCUT2D eigenvalue weighted by Gasteiger charge is 2.11. The van der Waals surface area contributed by atoms with Crippen LogP contribution in [0.1, 0.15) is 10.4 Å². The second kappa shape index (κ2) is 5.17. The SMILES string of the molecule is CN(CCCl)C(=O)c1csc(I)c1. The third kappa shape index (κ3) is 3.11. The van der Waals surface area contributed by atoms with E-state index in [0.29, 0.717) is 12.4 Å². The molecule has 0 saturated heterocycles. The van der Waals surface area contributed by atoms with Gasteiger partial charge in [-0.05, 0) is 28.7 Å². The van der Waals surface area contributed by atoms with Crippen molar-refractivity contribution in [1.82, 2.24) is 4.90 Å². The molecule has 1 aromatic rings. The minimum atomic E-state index is 0.0415. The van der Waals surface area contributed by atoms with Crippen LogP contribution < -0.4 is 0 Å². The zero-order chi connectivity index (χ0) is 9.84. The number of carbonyl (C=O) groups excluding carboxylic acids is 1. The molecule has 0 fully saturated rings. The molecule has 5 heteroatoms. The Kier molecular flexibility index (Phi) is 4.48. The number of amides is 1. The highest BCUT2D eigenvalue weighted by Crippen LogP contribution is 2.17. The summed E-state index contributed by atoms with van der Waals surface area (Å²) in [7, 11) is 1.76. The molecule has 0 aliphatic heterocycles. The Morgan fingerprint density at radius 3 is 2.92 bits per heavy atom. The number of hydrogen-bond acceptors (Lipinski definition) is 2. The van der Waals surface area contributed by atoms with E-state index in [2.05, 4.69) is 22.6 Å². The lowest BCUT2D eigenvalue weighted by Gasteiger charge is -2.13. The van der Waals surface area contributed by atoms with Crippen molar-refractivity contribution in [1.29, 1.82) is 0 Å². The normalized spacial score (nSPS) is 10.1. The zero-order valence-corrected chi connectivity index (χ0v) is 10.8. The number of alkyl halides is 1. The van der Waals surface area contributed by atoms with E-state index in [1.54, 1.807) is 23.3 Å². The average Bonchev–Trinajstić information content (AvgIpc) is 2.51. The van der Waals surface area contributed by atoms with Gasteiger partial charge >= 0.3 is 0 Å². The van der Waals surface area contributed by atoms with Gasteiger partial charge < -0.3 is 4.90 Å². The summed E-state index contributed by atoms with van der Waals surface area (Å²) in [5.74, 6) is 0.517. The van der Waals surface area contributed by atoms with Gasteiger partial charge in [0.1, 0.15) is 0 Å². The first-order chi connectivity index (χ1) is 6.15. The van der Waals surface area contributed by atoms with Crippen LogP contribution in [0.2, 0.25) is 0 Å². The van der Waals surface area contributed by atoms with Crippen molar-refractivity contribution in [3.63, 3.8) is 0 Å². The van der Waals surface area contributed by atoms with Gasteiger partial charge in [-0.15, -0.1) is 22.9 Å². The van der Waals surface area contributed by atoms with Gasteiger partial charge in [-0.1, -0.05) is 0 Å². The van der Waals surface area contributed by atoms with Crippen LogP contribution in [0.5, 0.6) is 0 Å². The molecule has 0 spiro atoms. The van der Waals surface area contributed by atoms with E-state index >= 15 is 0 Å². The fraction of sp³-hybridized carbons (Fsp3) is 0.375. The quantitative estimate of drug-likeness (QED) is 0.617. The van der Waals surface area contributed by atoms with Crippen LogP contribution in [-0.4, -0.2) is 30.3 Å². The van der Waals surface area contributed by atoms with Crippen LogP contribution in [0.15, 0.2) is 11.4 Å². The molecule has 0 N–H and O–H groups in total. The van der Waals surface area contributed by atoms with Crippen molar-refractivity contribution in [2.24, 2.45) is 0 Å². The van der Waals surface area contributed by atoms with E-state index in [9.17, 15) is 4.79 Å². The molecule has 0 aliphatic rings. The lowest BCUT2D eigenvalue weighted by atomic mass is 10.3. The maximum Gasteiger partial charge on any atom is 0.254 e. The Balaban J connectivity index is 2.67.